The van der Waals surface area contributed by atoms with Crippen molar-refractivity contribution in [2.24, 2.45) is 0 Å². The fraction of sp³-hybridized carbons (Fsp3) is 0.333. The van der Waals surface area contributed by atoms with Crippen LogP contribution in [0, 0.1) is 5.82 Å². The molecule has 3 rings (SSSR count). The fourth-order valence-corrected chi connectivity index (χ4v) is 6.65. The number of rotatable bonds is 3. The Labute approximate surface area is 165 Å². The zero-order valence-corrected chi connectivity index (χ0v) is 16.6. The van der Waals surface area contributed by atoms with Crippen LogP contribution >= 0.6 is 0 Å². The Balaban J connectivity index is 1.93. The predicted octanol–water partition coefficient (Wildman–Crippen LogP) is 3.40. The van der Waals surface area contributed by atoms with E-state index in [0.717, 1.165) is 28.6 Å². The highest BCUT2D eigenvalue weighted by molar-refractivity contribution is 7.92. The predicted molar refractivity (Wildman–Crippen MR) is 97.7 cm³/mol. The average Bonchev–Trinajstić information content (AvgIpc) is 2.80. The molecule has 0 amide bonds. The second kappa shape index (κ2) is 7.69. The van der Waals surface area contributed by atoms with E-state index in [9.17, 15) is 34.4 Å². The summed E-state index contributed by atoms with van der Waals surface area (Å²) in [5.41, 5.74) is -1.17. The molecule has 1 saturated heterocycles. The third-order valence-electron chi connectivity index (χ3n) is 4.75. The Kier molecular flexibility index (Phi) is 5.76. The Bertz CT molecular complexity index is 1110. The van der Waals surface area contributed by atoms with Gasteiger partial charge in [0.15, 0.2) is 9.84 Å². The molecular weight excluding hydrogens is 434 g/mol. The summed E-state index contributed by atoms with van der Waals surface area (Å²) in [5, 5.41) is -1.23. The minimum atomic E-state index is -4.72. The van der Waals surface area contributed by atoms with Gasteiger partial charge in [-0.25, -0.2) is 21.2 Å². The number of benzene rings is 2. The van der Waals surface area contributed by atoms with Crippen LogP contribution in [0.15, 0.2) is 53.4 Å². The lowest BCUT2D eigenvalue weighted by atomic mass is 10.1. The van der Waals surface area contributed by atoms with Gasteiger partial charge in [0, 0.05) is 18.7 Å². The highest BCUT2D eigenvalue weighted by Gasteiger charge is 2.38. The van der Waals surface area contributed by atoms with Crippen LogP contribution < -0.4 is 0 Å². The molecule has 29 heavy (non-hydrogen) atoms. The molecule has 0 N–H and O–H groups in total. The highest BCUT2D eigenvalue weighted by Crippen LogP contribution is 2.34. The van der Waals surface area contributed by atoms with Crippen LogP contribution in [-0.4, -0.2) is 40.0 Å². The first-order valence-corrected chi connectivity index (χ1v) is 11.7. The van der Waals surface area contributed by atoms with Gasteiger partial charge in [-0.1, -0.05) is 24.3 Å². The van der Waals surface area contributed by atoms with Crippen molar-refractivity contribution < 1.29 is 34.4 Å². The molecule has 1 heterocycles. The zero-order chi connectivity index (χ0) is 21.4. The quantitative estimate of drug-likeness (QED) is 0.671. The van der Waals surface area contributed by atoms with Crippen LogP contribution in [0.5, 0.6) is 0 Å². The van der Waals surface area contributed by atoms with Crippen molar-refractivity contribution in [2.45, 2.75) is 22.7 Å². The second-order valence-corrected chi connectivity index (χ2v) is 10.8. The Morgan fingerprint density at radius 1 is 1.00 bits per heavy atom. The maximum Gasteiger partial charge on any atom is 0.416 e. The van der Waals surface area contributed by atoms with E-state index in [4.69, 9.17) is 0 Å². The summed E-state index contributed by atoms with van der Waals surface area (Å²) in [4.78, 5) is -0.575. The summed E-state index contributed by atoms with van der Waals surface area (Å²) in [5.74, 6) is -1.28. The number of sulfonamides is 1. The van der Waals surface area contributed by atoms with Gasteiger partial charge in [0.25, 0.3) is 0 Å². The van der Waals surface area contributed by atoms with Crippen molar-refractivity contribution in [3.8, 4) is 0 Å². The number of sulfone groups is 1. The van der Waals surface area contributed by atoms with Gasteiger partial charge in [-0.05, 0) is 30.7 Å². The molecular formula is C18H17F4NO4S2. The zero-order valence-electron chi connectivity index (χ0n) is 14.9. The summed E-state index contributed by atoms with van der Waals surface area (Å²) < 4.78 is 105. The van der Waals surface area contributed by atoms with E-state index >= 15 is 0 Å². The molecule has 0 saturated carbocycles. The van der Waals surface area contributed by atoms with E-state index in [-0.39, 0.29) is 18.5 Å². The van der Waals surface area contributed by atoms with Gasteiger partial charge >= 0.3 is 6.18 Å². The molecule has 1 unspecified atom stereocenters. The van der Waals surface area contributed by atoms with Crippen LogP contribution in [0.2, 0.25) is 0 Å². The fourth-order valence-electron chi connectivity index (χ4n) is 3.23. The van der Waals surface area contributed by atoms with Crippen molar-refractivity contribution in [1.29, 1.82) is 0 Å². The lowest BCUT2D eigenvalue weighted by molar-refractivity contribution is -0.137. The first-order chi connectivity index (χ1) is 13.4. The maximum atomic E-state index is 14.1. The van der Waals surface area contributed by atoms with Crippen LogP contribution in [0.4, 0.5) is 17.6 Å². The van der Waals surface area contributed by atoms with Gasteiger partial charge in [0.2, 0.25) is 10.0 Å². The van der Waals surface area contributed by atoms with E-state index in [1.165, 1.54) is 18.2 Å². The number of halogens is 4. The van der Waals surface area contributed by atoms with Crippen LogP contribution in [0.25, 0.3) is 0 Å². The number of alkyl halides is 3. The smallest absolute Gasteiger partial charge is 0.228 e. The van der Waals surface area contributed by atoms with Gasteiger partial charge in [-0.3, -0.25) is 0 Å². The number of hydrogen-bond acceptors (Lipinski definition) is 4. The molecule has 0 aliphatic carbocycles. The summed E-state index contributed by atoms with van der Waals surface area (Å²) in [7, 11) is -8.23. The summed E-state index contributed by atoms with van der Waals surface area (Å²) in [6.07, 6.45) is -4.93. The van der Waals surface area contributed by atoms with Crippen molar-refractivity contribution in [1.82, 2.24) is 4.31 Å². The Hall–Kier alpha value is -1.98. The molecule has 0 bridgehead atoms. The third-order valence-corrected chi connectivity index (χ3v) is 8.75. The number of nitrogens with zero attached hydrogens (tertiary/aromatic N) is 1. The van der Waals surface area contributed by atoms with E-state index in [1.807, 2.05) is 0 Å². The van der Waals surface area contributed by atoms with Crippen LogP contribution in [0.1, 0.15) is 22.8 Å². The first kappa shape index (κ1) is 21.7. The molecule has 1 aliphatic heterocycles. The van der Waals surface area contributed by atoms with Crippen molar-refractivity contribution >= 4 is 19.9 Å². The summed E-state index contributed by atoms with van der Waals surface area (Å²) in [6.45, 7) is -0.692. The Morgan fingerprint density at radius 3 is 2.34 bits per heavy atom. The van der Waals surface area contributed by atoms with Gasteiger partial charge in [0.05, 0.1) is 21.5 Å². The SMILES string of the molecule is O=S1(=O)CCN(S(=O)(=O)c2cccc(C(F)(F)F)c2)CCC1c1ccccc1F. The first-order valence-electron chi connectivity index (χ1n) is 8.56. The van der Waals surface area contributed by atoms with Gasteiger partial charge in [0.1, 0.15) is 5.82 Å². The molecule has 5 nitrogen and oxygen atoms in total. The molecule has 0 spiro atoms. The van der Waals surface area contributed by atoms with Crippen molar-refractivity contribution in [3.63, 3.8) is 0 Å². The van der Waals surface area contributed by atoms with Crippen LogP contribution in [-0.2, 0) is 26.0 Å². The van der Waals surface area contributed by atoms with Gasteiger partial charge < -0.3 is 0 Å². The normalized spacial score (nSPS) is 20.9. The van der Waals surface area contributed by atoms with Gasteiger partial charge in [-0.15, -0.1) is 0 Å². The molecule has 0 aromatic heterocycles. The molecule has 2 aromatic carbocycles. The lowest BCUT2D eigenvalue weighted by Crippen LogP contribution is -2.33. The third kappa shape index (κ3) is 4.46. The lowest BCUT2D eigenvalue weighted by Gasteiger charge is -2.20. The average molecular weight is 451 g/mol. The standard InChI is InChI=1S/C18H17F4NO4S2/c19-16-7-2-1-6-15(16)17-8-9-23(10-11-28(17,24)25)29(26,27)14-5-3-4-13(12-14)18(20,21)22/h1-7,12,17H,8-11H2. The Morgan fingerprint density at radius 2 is 1.69 bits per heavy atom. The van der Waals surface area contributed by atoms with E-state index in [2.05, 4.69) is 0 Å². The summed E-state index contributed by atoms with van der Waals surface area (Å²) in [6, 6.07) is 8.61. The minimum Gasteiger partial charge on any atom is -0.228 e. The van der Waals surface area contributed by atoms with Crippen molar-refractivity contribution in [2.75, 3.05) is 18.8 Å². The van der Waals surface area contributed by atoms with Crippen molar-refractivity contribution in [3.05, 3.63) is 65.5 Å². The van der Waals surface area contributed by atoms with E-state index < -0.39 is 59.9 Å². The molecule has 1 fully saturated rings. The molecule has 1 atom stereocenters. The van der Waals surface area contributed by atoms with Crippen LogP contribution in [0.3, 0.4) is 0 Å². The highest BCUT2D eigenvalue weighted by atomic mass is 32.2. The topological polar surface area (TPSA) is 71.5 Å². The summed E-state index contributed by atoms with van der Waals surface area (Å²) >= 11 is 0. The van der Waals surface area contributed by atoms with E-state index in [0.29, 0.717) is 6.07 Å². The minimum absolute atomic E-state index is 0.0502. The monoisotopic (exact) mass is 451 g/mol. The maximum absolute atomic E-state index is 14.1. The molecule has 2 aromatic rings. The molecule has 0 radical (unpaired) electrons. The van der Waals surface area contributed by atoms with Gasteiger partial charge in [-0.2, -0.15) is 17.5 Å². The molecule has 11 heteroatoms. The van der Waals surface area contributed by atoms with E-state index in [1.54, 1.807) is 0 Å². The molecule has 1 aliphatic rings. The second-order valence-electron chi connectivity index (χ2n) is 6.60. The molecule has 158 valence electrons. The largest absolute Gasteiger partial charge is 0.416 e. The number of hydrogen-bond donors (Lipinski definition) is 0.